The molecule has 1 aromatic heterocycles. The maximum absolute atomic E-state index is 12.8. The minimum atomic E-state index is -0.394. The van der Waals surface area contributed by atoms with Gasteiger partial charge in [-0.1, -0.05) is 42.5 Å². The molecule has 5 nitrogen and oxygen atoms in total. The fourth-order valence-corrected chi connectivity index (χ4v) is 3.28. The fourth-order valence-electron chi connectivity index (χ4n) is 3.28. The third-order valence-corrected chi connectivity index (χ3v) is 4.75. The van der Waals surface area contributed by atoms with Crippen LogP contribution in [0.3, 0.4) is 0 Å². The van der Waals surface area contributed by atoms with Crippen molar-refractivity contribution in [3.63, 3.8) is 0 Å². The SMILES string of the molecule is Cc1cccc(NC(=O)c2ccccc2NC(=O)c2oc3ccccc3c2C)c1. The predicted molar refractivity (Wildman–Crippen MR) is 114 cm³/mol. The number of carbonyl (C=O) groups excluding carboxylic acids is 2. The van der Waals surface area contributed by atoms with Crippen LogP contribution in [-0.4, -0.2) is 11.8 Å². The molecule has 0 fully saturated rings. The molecule has 1 heterocycles. The molecule has 0 unspecified atom stereocenters. The van der Waals surface area contributed by atoms with E-state index < -0.39 is 5.91 Å². The summed E-state index contributed by atoms with van der Waals surface area (Å²) in [6.07, 6.45) is 0. The fraction of sp³-hybridized carbons (Fsp3) is 0.0833. The molecule has 144 valence electrons. The average Bonchev–Trinajstić information content (AvgIpc) is 3.05. The normalized spacial score (nSPS) is 10.7. The van der Waals surface area contributed by atoms with Crippen LogP contribution in [0.2, 0.25) is 0 Å². The van der Waals surface area contributed by atoms with Crippen molar-refractivity contribution in [3.8, 4) is 0 Å². The second-order valence-electron chi connectivity index (χ2n) is 6.88. The smallest absolute Gasteiger partial charge is 0.291 e. The minimum absolute atomic E-state index is 0.236. The van der Waals surface area contributed by atoms with Crippen LogP contribution < -0.4 is 10.6 Å². The van der Waals surface area contributed by atoms with E-state index >= 15 is 0 Å². The van der Waals surface area contributed by atoms with Gasteiger partial charge in [0.25, 0.3) is 11.8 Å². The summed E-state index contributed by atoms with van der Waals surface area (Å²) >= 11 is 0. The van der Waals surface area contributed by atoms with E-state index in [0.29, 0.717) is 22.5 Å². The van der Waals surface area contributed by atoms with Gasteiger partial charge in [0.15, 0.2) is 5.76 Å². The van der Waals surface area contributed by atoms with Gasteiger partial charge in [-0.15, -0.1) is 0 Å². The van der Waals surface area contributed by atoms with Crippen LogP contribution in [-0.2, 0) is 0 Å². The molecule has 29 heavy (non-hydrogen) atoms. The molecule has 0 spiro atoms. The first-order valence-electron chi connectivity index (χ1n) is 9.29. The topological polar surface area (TPSA) is 71.3 Å². The Balaban J connectivity index is 1.60. The van der Waals surface area contributed by atoms with Crippen LogP contribution in [0.5, 0.6) is 0 Å². The van der Waals surface area contributed by atoms with Crippen molar-refractivity contribution >= 4 is 34.2 Å². The largest absolute Gasteiger partial charge is 0.451 e. The van der Waals surface area contributed by atoms with E-state index in [-0.39, 0.29) is 11.7 Å². The highest BCUT2D eigenvalue weighted by Crippen LogP contribution is 2.26. The zero-order valence-electron chi connectivity index (χ0n) is 16.2. The molecule has 0 atom stereocenters. The number of para-hydroxylation sites is 2. The zero-order chi connectivity index (χ0) is 20.4. The summed E-state index contributed by atoms with van der Waals surface area (Å²) in [7, 11) is 0. The summed E-state index contributed by atoms with van der Waals surface area (Å²) in [6.45, 7) is 3.80. The van der Waals surface area contributed by atoms with Gasteiger partial charge in [-0.25, -0.2) is 0 Å². The molecule has 4 rings (SSSR count). The van der Waals surface area contributed by atoms with Gasteiger partial charge in [-0.3, -0.25) is 9.59 Å². The van der Waals surface area contributed by atoms with Gasteiger partial charge in [-0.2, -0.15) is 0 Å². The first-order valence-corrected chi connectivity index (χ1v) is 9.29. The number of aryl methyl sites for hydroxylation is 2. The molecular weight excluding hydrogens is 364 g/mol. The molecule has 0 aliphatic rings. The molecule has 4 aromatic rings. The van der Waals surface area contributed by atoms with Crippen molar-refractivity contribution in [1.82, 2.24) is 0 Å². The summed E-state index contributed by atoms with van der Waals surface area (Å²) in [5, 5.41) is 6.58. The monoisotopic (exact) mass is 384 g/mol. The summed E-state index contributed by atoms with van der Waals surface area (Å²) in [5.74, 6) is -0.456. The molecular formula is C24H20N2O3. The zero-order valence-corrected chi connectivity index (χ0v) is 16.2. The van der Waals surface area contributed by atoms with Gasteiger partial charge in [0, 0.05) is 16.6 Å². The van der Waals surface area contributed by atoms with E-state index in [1.165, 1.54) is 0 Å². The highest BCUT2D eigenvalue weighted by molar-refractivity contribution is 6.13. The average molecular weight is 384 g/mol. The van der Waals surface area contributed by atoms with Crippen LogP contribution in [0.1, 0.15) is 32.0 Å². The lowest BCUT2D eigenvalue weighted by Gasteiger charge is -2.11. The van der Waals surface area contributed by atoms with Crippen LogP contribution in [0.4, 0.5) is 11.4 Å². The number of nitrogens with one attached hydrogen (secondary N) is 2. The van der Waals surface area contributed by atoms with Crippen molar-refractivity contribution in [3.05, 3.63) is 95.2 Å². The lowest BCUT2D eigenvalue weighted by Crippen LogP contribution is -2.18. The third-order valence-electron chi connectivity index (χ3n) is 4.75. The molecule has 0 radical (unpaired) electrons. The Morgan fingerprint density at radius 2 is 1.55 bits per heavy atom. The number of fused-ring (bicyclic) bond motifs is 1. The van der Waals surface area contributed by atoms with E-state index in [1.807, 2.05) is 62.4 Å². The standard InChI is InChI=1S/C24H20N2O3/c1-15-8-7-9-17(14-15)25-23(27)19-11-3-5-12-20(19)26-24(28)22-16(2)18-10-4-6-13-21(18)29-22/h3-14H,1-2H3,(H,25,27)(H,26,28). The molecule has 0 bridgehead atoms. The molecule has 0 aliphatic carbocycles. The van der Waals surface area contributed by atoms with Gasteiger partial charge >= 0.3 is 0 Å². The Labute approximate surface area is 168 Å². The van der Waals surface area contributed by atoms with Crippen LogP contribution in [0.15, 0.2) is 77.2 Å². The molecule has 2 N–H and O–H groups in total. The lowest BCUT2D eigenvalue weighted by atomic mass is 10.1. The summed E-state index contributed by atoms with van der Waals surface area (Å²) < 4.78 is 5.73. The Morgan fingerprint density at radius 1 is 0.793 bits per heavy atom. The number of amides is 2. The quantitative estimate of drug-likeness (QED) is 0.484. The Kier molecular flexibility index (Phi) is 4.87. The number of furan rings is 1. The Morgan fingerprint density at radius 3 is 2.34 bits per heavy atom. The number of hydrogen-bond acceptors (Lipinski definition) is 3. The van der Waals surface area contributed by atoms with E-state index in [0.717, 1.165) is 16.5 Å². The van der Waals surface area contributed by atoms with Gasteiger partial charge in [0.05, 0.1) is 11.3 Å². The van der Waals surface area contributed by atoms with Crippen molar-refractivity contribution in [2.45, 2.75) is 13.8 Å². The molecule has 0 saturated carbocycles. The van der Waals surface area contributed by atoms with Gasteiger partial charge in [-0.05, 0) is 49.7 Å². The summed E-state index contributed by atoms with van der Waals surface area (Å²) in [5.41, 5.74) is 3.95. The van der Waals surface area contributed by atoms with Crippen LogP contribution in [0.25, 0.3) is 11.0 Å². The van der Waals surface area contributed by atoms with E-state index in [9.17, 15) is 9.59 Å². The number of carbonyl (C=O) groups is 2. The molecule has 0 saturated heterocycles. The van der Waals surface area contributed by atoms with Gasteiger partial charge in [0.1, 0.15) is 5.58 Å². The predicted octanol–water partition coefficient (Wildman–Crippen LogP) is 5.55. The Bertz CT molecular complexity index is 1220. The second-order valence-corrected chi connectivity index (χ2v) is 6.88. The lowest BCUT2D eigenvalue weighted by molar-refractivity contribution is 0.0998. The van der Waals surface area contributed by atoms with Gasteiger partial charge in [0.2, 0.25) is 0 Å². The van der Waals surface area contributed by atoms with Crippen LogP contribution >= 0.6 is 0 Å². The van der Waals surface area contributed by atoms with Crippen molar-refractivity contribution in [2.24, 2.45) is 0 Å². The highest BCUT2D eigenvalue weighted by Gasteiger charge is 2.20. The minimum Gasteiger partial charge on any atom is -0.451 e. The van der Waals surface area contributed by atoms with E-state index in [2.05, 4.69) is 10.6 Å². The summed E-state index contributed by atoms with van der Waals surface area (Å²) in [4.78, 5) is 25.6. The number of rotatable bonds is 4. The number of anilines is 2. The highest BCUT2D eigenvalue weighted by atomic mass is 16.3. The molecule has 5 heteroatoms. The molecule has 3 aromatic carbocycles. The van der Waals surface area contributed by atoms with Gasteiger partial charge < -0.3 is 15.1 Å². The first-order chi connectivity index (χ1) is 14.0. The van der Waals surface area contributed by atoms with E-state index in [1.54, 1.807) is 24.3 Å². The Hall–Kier alpha value is -3.86. The number of hydrogen-bond donors (Lipinski definition) is 2. The molecule has 2 amide bonds. The molecule has 0 aliphatic heterocycles. The first kappa shape index (κ1) is 18.5. The maximum atomic E-state index is 12.8. The van der Waals surface area contributed by atoms with Crippen molar-refractivity contribution in [1.29, 1.82) is 0 Å². The van der Waals surface area contributed by atoms with Crippen LogP contribution in [0, 0.1) is 13.8 Å². The van der Waals surface area contributed by atoms with Crippen molar-refractivity contribution < 1.29 is 14.0 Å². The van der Waals surface area contributed by atoms with E-state index in [4.69, 9.17) is 4.42 Å². The second kappa shape index (κ2) is 7.64. The summed E-state index contributed by atoms with van der Waals surface area (Å²) in [6, 6.07) is 21.9. The third kappa shape index (κ3) is 3.75. The number of benzene rings is 3. The van der Waals surface area contributed by atoms with Crippen molar-refractivity contribution in [2.75, 3.05) is 10.6 Å². The maximum Gasteiger partial charge on any atom is 0.291 e.